The monoisotopic (exact) mass is 515 g/mol. The zero-order valence-electron chi connectivity index (χ0n) is 21.4. The van der Waals surface area contributed by atoms with Gasteiger partial charge in [-0.1, -0.05) is 6.58 Å². The Morgan fingerprint density at radius 1 is 1.16 bits per heavy atom. The summed E-state index contributed by atoms with van der Waals surface area (Å²) in [7, 11) is 3.57. The van der Waals surface area contributed by atoms with Gasteiger partial charge in [-0.05, 0) is 62.4 Å². The van der Waals surface area contributed by atoms with Crippen molar-refractivity contribution in [3.8, 4) is 11.6 Å². The molecule has 38 heavy (non-hydrogen) atoms. The number of carbonyl (C=O) groups is 1. The molecule has 0 bridgehead atoms. The van der Waals surface area contributed by atoms with Gasteiger partial charge in [0.1, 0.15) is 17.4 Å². The van der Waals surface area contributed by atoms with E-state index in [9.17, 15) is 9.18 Å². The first-order chi connectivity index (χ1) is 18.5. The number of hydrogen-bond acceptors (Lipinski definition) is 7. The third kappa shape index (κ3) is 5.16. The van der Waals surface area contributed by atoms with Crippen LogP contribution in [0.25, 0.3) is 16.7 Å². The number of methoxy groups -OCH3 is 1. The van der Waals surface area contributed by atoms with Crippen LogP contribution in [0.1, 0.15) is 12.8 Å². The molecule has 0 spiro atoms. The largest absolute Gasteiger partial charge is 0.494 e. The van der Waals surface area contributed by atoms with E-state index >= 15 is 0 Å². The minimum atomic E-state index is -0.320. The van der Waals surface area contributed by atoms with Gasteiger partial charge in [-0.3, -0.25) is 4.79 Å². The van der Waals surface area contributed by atoms with Crippen LogP contribution in [0.3, 0.4) is 0 Å². The second kappa shape index (κ2) is 10.9. The molecular formula is C28H30FN7O2. The fourth-order valence-corrected chi connectivity index (χ4v) is 4.76. The van der Waals surface area contributed by atoms with E-state index in [1.165, 1.54) is 18.2 Å². The number of nitrogens with one attached hydrogen (secondary N) is 3. The van der Waals surface area contributed by atoms with Crippen LogP contribution in [0, 0.1) is 5.82 Å². The van der Waals surface area contributed by atoms with Gasteiger partial charge in [0.2, 0.25) is 11.9 Å². The molecule has 0 radical (unpaired) electrons. The first kappa shape index (κ1) is 25.2. The fraction of sp³-hybridized carbons (Fsp3) is 0.250. The van der Waals surface area contributed by atoms with Gasteiger partial charge in [-0.25, -0.2) is 9.37 Å². The van der Waals surface area contributed by atoms with Gasteiger partial charge in [-0.15, -0.1) is 0 Å². The van der Waals surface area contributed by atoms with Crippen molar-refractivity contribution in [1.29, 1.82) is 0 Å². The maximum absolute atomic E-state index is 13.9. The maximum Gasteiger partial charge on any atom is 0.247 e. The lowest BCUT2D eigenvalue weighted by Gasteiger charge is -2.35. The van der Waals surface area contributed by atoms with Gasteiger partial charge < -0.3 is 30.2 Å². The number of anilines is 4. The van der Waals surface area contributed by atoms with Crippen LogP contribution in [-0.4, -0.2) is 53.7 Å². The Morgan fingerprint density at radius 3 is 2.71 bits per heavy atom. The summed E-state index contributed by atoms with van der Waals surface area (Å²) in [6, 6.07) is 12.5. The number of hydrogen-bond donors (Lipinski definition) is 3. The van der Waals surface area contributed by atoms with E-state index in [0.717, 1.165) is 37.0 Å². The molecule has 1 amide bonds. The molecule has 2 aromatic carbocycles. The number of carbonyl (C=O) groups excluding carboxylic acids is 1. The molecule has 5 rings (SSSR count). The predicted molar refractivity (Wildman–Crippen MR) is 148 cm³/mol. The summed E-state index contributed by atoms with van der Waals surface area (Å²) in [6.07, 6.45) is 6.69. The van der Waals surface area contributed by atoms with E-state index in [1.54, 1.807) is 30.0 Å². The summed E-state index contributed by atoms with van der Waals surface area (Å²) in [4.78, 5) is 23.5. The van der Waals surface area contributed by atoms with Crippen LogP contribution in [0.15, 0.2) is 67.5 Å². The highest BCUT2D eigenvalue weighted by atomic mass is 19.1. The average molecular weight is 516 g/mol. The van der Waals surface area contributed by atoms with E-state index in [0.29, 0.717) is 40.4 Å². The summed E-state index contributed by atoms with van der Waals surface area (Å²) < 4.78 is 21.4. The van der Waals surface area contributed by atoms with E-state index in [4.69, 9.17) is 4.74 Å². The summed E-state index contributed by atoms with van der Waals surface area (Å²) >= 11 is 0. The molecule has 0 unspecified atom stereocenters. The summed E-state index contributed by atoms with van der Waals surface area (Å²) in [5.74, 6) is 0.847. The summed E-state index contributed by atoms with van der Waals surface area (Å²) in [6.45, 7) is 5.27. The Labute approximate surface area is 220 Å². The van der Waals surface area contributed by atoms with E-state index in [-0.39, 0.29) is 11.7 Å². The molecule has 0 atom stereocenters. The van der Waals surface area contributed by atoms with Crippen molar-refractivity contribution >= 4 is 39.8 Å². The Morgan fingerprint density at radius 2 is 1.97 bits per heavy atom. The minimum absolute atomic E-state index is 0.308. The number of halogens is 1. The fourth-order valence-electron chi connectivity index (χ4n) is 4.76. The highest BCUT2D eigenvalue weighted by Gasteiger charge is 2.23. The first-order valence-electron chi connectivity index (χ1n) is 12.4. The van der Waals surface area contributed by atoms with E-state index < -0.39 is 0 Å². The molecule has 0 saturated carbocycles. The number of benzene rings is 2. The molecule has 1 aliphatic heterocycles. The van der Waals surface area contributed by atoms with Crippen LogP contribution in [0.2, 0.25) is 0 Å². The molecule has 2 aromatic heterocycles. The minimum Gasteiger partial charge on any atom is -0.494 e. The second-order valence-electron chi connectivity index (χ2n) is 9.07. The van der Waals surface area contributed by atoms with Gasteiger partial charge in [0.25, 0.3) is 0 Å². The number of nitrogens with zero attached hydrogens (tertiary/aromatic N) is 4. The lowest BCUT2D eigenvalue weighted by Crippen LogP contribution is -2.41. The zero-order valence-corrected chi connectivity index (χ0v) is 21.4. The quantitative estimate of drug-likeness (QED) is 0.295. The van der Waals surface area contributed by atoms with Crippen LogP contribution >= 0.6 is 0 Å². The van der Waals surface area contributed by atoms with Crippen molar-refractivity contribution in [2.45, 2.75) is 18.9 Å². The normalized spacial score (nSPS) is 13.9. The van der Waals surface area contributed by atoms with Crippen LogP contribution in [-0.2, 0) is 4.79 Å². The Hall–Kier alpha value is -4.44. The van der Waals surface area contributed by atoms with Gasteiger partial charge in [-0.2, -0.15) is 4.98 Å². The molecule has 10 heteroatoms. The number of rotatable bonds is 8. The zero-order chi connectivity index (χ0) is 26.6. The number of ether oxygens (including phenoxy) is 1. The number of fused-ring (bicyclic) bond motifs is 1. The third-order valence-electron chi connectivity index (χ3n) is 6.79. The molecular weight excluding hydrogens is 485 g/mol. The third-order valence-corrected chi connectivity index (χ3v) is 6.79. The standard InChI is InChI=1S/C28H30FN7O2/c1-4-27(37)32-21-16-22(25(38-3)17-24(21)35-12-9-20(30-2)10-13-35)33-28-31-11-7-26(34-28)36-14-8-18-5-6-19(29)15-23(18)36/h4-8,11,14-17,20,30H,1,9-10,12-13H2,2-3H3,(H,32,37)(H,31,33,34). The van der Waals surface area contributed by atoms with E-state index in [2.05, 4.69) is 37.4 Å². The number of aromatic nitrogens is 3. The predicted octanol–water partition coefficient (Wildman–Crippen LogP) is 4.62. The van der Waals surface area contributed by atoms with Gasteiger partial charge in [0, 0.05) is 43.0 Å². The molecule has 1 aliphatic rings. The first-order valence-corrected chi connectivity index (χ1v) is 12.4. The molecule has 3 heterocycles. The molecule has 9 nitrogen and oxygen atoms in total. The summed E-state index contributed by atoms with van der Waals surface area (Å²) in [5.41, 5.74) is 2.78. The topological polar surface area (TPSA) is 96.3 Å². The van der Waals surface area contributed by atoms with Crippen LogP contribution < -0.4 is 25.6 Å². The van der Waals surface area contributed by atoms with Gasteiger partial charge in [0.05, 0.1) is 29.7 Å². The molecule has 3 N–H and O–H groups in total. The van der Waals surface area contributed by atoms with E-state index in [1.807, 2.05) is 31.4 Å². The smallest absolute Gasteiger partial charge is 0.247 e. The molecule has 1 saturated heterocycles. The summed E-state index contributed by atoms with van der Waals surface area (Å²) in [5, 5.41) is 10.4. The highest BCUT2D eigenvalue weighted by molar-refractivity contribution is 6.02. The molecule has 1 fully saturated rings. The van der Waals surface area contributed by atoms with Gasteiger partial charge >= 0.3 is 0 Å². The van der Waals surface area contributed by atoms with Crippen LogP contribution in [0.4, 0.5) is 27.4 Å². The molecule has 0 aliphatic carbocycles. The lowest BCUT2D eigenvalue weighted by molar-refractivity contribution is -0.111. The number of amides is 1. The molecule has 196 valence electrons. The van der Waals surface area contributed by atoms with Crippen molar-refractivity contribution in [1.82, 2.24) is 19.9 Å². The van der Waals surface area contributed by atoms with Crippen LogP contribution in [0.5, 0.6) is 5.75 Å². The van der Waals surface area contributed by atoms with Crippen molar-refractivity contribution in [3.05, 3.63) is 73.3 Å². The average Bonchev–Trinajstić information content (AvgIpc) is 3.36. The van der Waals surface area contributed by atoms with Crippen molar-refractivity contribution < 1.29 is 13.9 Å². The maximum atomic E-state index is 13.9. The second-order valence-corrected chi connectivity index (χ2v) is 9.07. The molecule has 4 aromatic rings. The Kier molecular flexibility index (Phi) is 7.23. The Balaban J connectivity index is 1.49. The lowest BCUT2D eigenvalue weighted by atomic mass is 10.0. The SMILES string of the molecule is C=CC(=O)Nc1cc(Nc2nccc(-n3ccc4ccc(F)cc43)n2)c(OC)cc1N1CCC(NC)CC1. The highest BCUT2D eigenvalue weighted by Crippen LogP contribution is 2.39. The Bertz CT molecular complexity index is 1480. The van der Waals surface area contributed by atoms with Gasteiger partial charge in [0.15, 0.2) is 0 Å². The van der Waals surface area contributed by atoms with Crippen molar-refractivity contribution in [2.75, 3.05) is 42.8 Å². The van der Waals surface area contributed by atoms with Crippen molar-refractivity contribution in [2.24, 2.45) is 0 Å². The van der Waals surface area contributed by atoms with Crippen molar-refractivity contribution in [3.63, 3.8) is 0 Å². The number of piperidine rings is 1.